The molecule has 1 spiro atoms. The Morgan fingerprint density at radius 3 is 0.884 bits per heavy atom. The molecule has 0 amide bonds. The van der Waals surface area contributed by atoms with E-state index >= 15 is 0 Å². The molecule has 0 bridgehead atoms. The van der Waals surface area contributed by atoms with E-state index in [0.29, 0.717) is 48.9 Å². The molecule has 0 aliphatic carbocycles. The second kappa shape index (κ2) is 36.9. The molecular weight excluding hydrogens is 1050 g/mol. The van der Waals surface area contributed by atoms with Crippen molar-refractivity contribution in [2.75, 3.05) is 183 Å². The van der Waals surface area contributed by atoms with Crippen LogP contribution in [0.5, 0.6) is 0 Å². The first-order chi connectivity index (χ1) is 39.2. The summed E-state index contributed by atoms with van der Waals surface area (Å²) in [6, 6.07) is 0.723. The van der Waals surface area contributed by atoms with Crippen molar-refractivity contribution in [2.45, 2.75) is 263 Å². The second-order valence-electron chi connectivity index (χ2n) is 39.1. The second-order valence-corrected chi connectivity index (χ2v) is 39.1. The van der Waals surface area contributed by atoms with Crippen LogP contribution >= 0.6 is 0 Å². The minimum atomic E-state index is 0.346. The van der Waals surface area contributed by atoms with Crippen molar-refractivity contribution in [2.24, 2.45) is 49.2 Å². The summed E-state index contributed by atoms with van der Waals surface area (Å²) in [5.41, 5.74) is 4.34. The molecule has 0 unspecified atom stereocenters. The van der Waals surface area contributed by atoms with Gasteiger partial charge in [-0.05, 0) is 169 Å². The Morgan fingerprint density at radius 1 is 0.291 bits per heavy atom. The minimum absolute atomic E-state index is 0.346. The fraction of sp³-hybridized carbons (Fsp3) is 1.00. The summed E-state index contributed by atoms with van der Waals surface area (Å²) in [4.78, 5) is 26.3. The zero-order valence-electron chi connectivity index (χ0n) is 64.3. The third kappa shape index (κ3) is 41.2. The molecule has 10 nitrogen and oxygen atoms in total. The molecular formula is C76H160N10. The summed E-state index contributed by atoms with van der Waals surface area (Å²) in [6.45, 7) is 101. The molecule has 86 heavy (non-hydrogen) atoms. The van der Waals surface area contributed by atoms with E-state index < -0.39 is 0 Å². The van der Waals surface area contributed by atoms with Crippen LogP contribution in [-0.2, 0) is 0 Å². The average molecular weight is 1210 g/mol. The maximum atomic E-state index is 2.67. The zero-order valence-corrected chi connectivity index (χ0v) is 64.3. The van der Waals surface area contributed by atoms with Gasteiger partial charge in [0.15, 0.2) is 0 Å². The molecule has 514 valence electrons. The summed E-state index contributed by atoms with van der Waals surface area (Å²) in [6.07, 6.45) is 12.1. The number of hydrogen-bond acceptors (Lipinski definition) is 10. The Morgan fingerprint density at radius 2 is 0.593 bits per heavy atom. The lowest BCUT2D eigenvalue weighted by atomic mass is 9.71. The van der Waals surface area contributed by atoms with Crippen LogP contribution in [-0.4, -0.2) is 244 Å². The van der Waals surface area contributed by atoms with E-state index in [0.717, 1.165) is 12.0 Å². The van der Waals surface area contributed by atoms with Crippen LogP contribution in [0.1, 0.15) is 252 Å². The van der Waals surface area contributed by atoms with Gasteiger partial charge in [-0.3, -0.25) is 9.80 Å². The van der Waals surface area contributed by atoms with Crippen LogP contribution in [0.4, 0.5) is 0 Å². The standard InChI is InChI=1S/2C17H36N2.C16H34N2.C15H30N2.C11H24N2/c1-16(2,3)8-12-18-10-7-11-19(15-14-18)13-9-17(4,5)6;1-16(2,3)10-8-7-9-11-18-12-14-19(15-13-18)17(4,5)6;1-15(2,3)7-9-17-11-13-18(14-12-17)10-8-16(4,5)6;1-13(2,3)7-16-9-15(10-16)11-17(12-15)8-14(4,5)6;1-10(2)9-12-5-7-13(8-6-12)11(3)4/h2*7-15H2,1-6H3;7-14H2,1-6H3;7-12H2,1-6H3;10-11H,5-9H2,1-4H3. The van der Waals surface area contributed by atoms with Gasteiger partial charge in [-0.1, -0.05) is 172 Å². The van der Waals surface area contributed by atoms with Gasteiger partial charge in [0.05, 0.1) is 0 Å². The van der Waals surface area contributed by atoms with E-state index in [1.807, 2.05) is 0 Å². The lowest BCUT2D eigenvalue weighted by Crippen LogP contribution is -2.73. The van der Waals surface area contributed by atoms with Crippen molar-refractivity contribution in [3.8, 4) is 0 Å². The number of hydrogen-bond donors (Lipinski definition) is 0. The lowest BCUT2D eigenvalue weighted by Gasteiger charge is -2.62. The maximum absolute atomic E-state index is 2.67. The first-order valence-electron chi connectivity index (χ1n) is 36.4. The Balaban J connectivity index is 0.000000369. The largest absolute Gasteiger partial charge is 0.302 e. The fourth-order valence-electron chi connectivity index (χ4n) is 13.0. The Labute approximate surface area is 542 Å². The quantitative estimate of drug-likeness (QED) is 0.124. The van der Waals surface area contributed by atoms with Crippen molar-refractivity contribution >= 4 is 0 Å². The Hall–Kier alpha value is -0.400. The molecule has 10 heteroatoms. The van der Waals surface area contributed by atoms with Gasteiger partial charge >= 0.3 is 0 Å². The molecule has 0 aromatic carbocycles. The minimum Gasteiger partial charge on any atom is -0.302 e. The number of nitrogens with zero attached hydrogens (tertiary/aromatic N) is 10. The van der Waals surface area contributed by atoms with E-state index in [2.05, 4.69) is 243 Å². The molecule has 6 saturated heterocycles. The maximum Gasteiger partial charge on any atom is 0.0212 e. The molecule has 0 radical (unpaired) electrons. The highest BCUT2D eigenvalue weighted by Crippen LogP contribution is 2.42. The van der Waals surface area contributed by atoms with Crippen LogP contribution in [0.2, 0.25) is 0 Å². The first-order valence-corrected chi connectivity index (χ1v) is 36.4. The van der Waals surface area contributed by atoms with Crippen molar-refractivity contribution in [3.05, 3.63) is 0 Å². The van der Waals surface area contributed by atoms with Gasteiger partial charge in [0.2, 0.25) is 0 Å². The topological polar surface area (TPSA) is 32.4 Å². The van der Waals surface area contributed by atoms with Crippen LogP contribution in [0.3, 0.4) is 0 Å². The summed E-state index contributed by atoms with van der Waals surface area (Å²) in [5.74, 6) is 0.811. The predicted molar refractivity (Wildman–Crippen MR) is 385 cm³/mol. The normalized spacial score (nSPS) is 21.6. The molecule has 6 heterocycles. The lowest BCUT2D eigenvalue weighted by molar-refractivity contribution is -0.129. The van der Waals surface area contributed by atoms with Crippen LogP contribution in [0.15, 0.2) is 0 Å². The van der Waals surface area contributed by atoms with Gasteiger partial charge in [-0.15, -0.1) is 0 Å². The molecule has 0 aromatic rings. The summed E-state index contributed by atoms with van der Waals surface area (Å²) < 4.78 is 0. The number of rotatable bonds is 18. The molecule has 6 aliphatic heterocycles. The van der Waals surface area contributed by atoms with E-state index in [1.165, 1.54) is 241 Å². The number of unbranched alkanes of at least 4 members (excludes halogenated alkanes) is 2. The van der Waals surface area contributed by atoms with E-state index in [9.17, 15) is 0 Å². The highest BCUT2D eigenvalue weighted by Gasteiger charge is 2.52. The summed E-state index contributed by atoms with van der Waals surface area (Å²) >= 11 is 0. The van der Waals surface area contributed by atoms with Crippen LogP contribution < -0.4 is 0 Å². The molecule has 6 aliphatic rings. The third-order valence-electron chi connectivity index (χ3n) is 18.5. The van der Waals surface area contributed by atoms with Crippen molar-refractivity contribution in [3.63, 3.8) is 0 Å². The molecule has 0 N–H and O–H groups in total. The van der Waals surface area contributed by atoms with Gasteiger partial charge in [-0.2, -0.15) is 0 Å². The average Bonchev–Trinajstić information content (AvgIpc) is 0.983. The number of likely N-dealkylation sites (tertiary alicyclic amines) is 2. The Bertz CT molecular complexity index is 1620. The highest BCUT2D eigenvalue weighted by molar-refractivity contribution is 5.06. The Kier molecular flexibility index (Phi) is 35.0. The summed E-state index contributed by atoms with van der Waals surface area (Å²) in [5, 5.41) is 0. The van der Waals surface area contributed by atoms with Gasteiger partial charge in [0.25, 0.3) is 0 Å². The van der Waals surface area contributed by atoms with E-state index in [4.69, 9.17) is 0 Å². The fourth-order valence-corrected chi connectivity index (χ4v) is 13.0. The monoisotopic (exact) mass is 1210 g/mol. The van der Waals surface area contributed by atoms with Gasteiger partial charge in [0, 0.05) is 154 Å². The highest BCUT2D eigenvalue weighted by atomic mass is 15.3. The zero-order chi connectivity index (χ0) is 65.6. The third-order valence-corrected chi connectivity index (χ3v) is 18.5. The van der Waals surface area contributed by atoms with Crippen molar-refractivity contribution in [1.82, 2.24) is 49.0 Å². The van der Waals surface area contributed by atoms with Crippen LogP contribution in [0, 0.1) is 49.2 Å². The van der Waals surface area contributed by atoms with Crippen molar-refractivity contribution in [1.29, 1.82) is 0 Å². The summed E-state index contributed by atoms with van der Waals surface area (Å²) in [7, 11) is 0. The van der Waals surface area contributed by atoms with Crippen molar-refractivity contribution < 1.29 is 0 Å². The molecule has 0 saturated carbocycles. The smallest absolute Gasteiger partial charge is 0.0212 e. The van der Waals surface area contributed by atoms with Gasteiger partial charge in [-0.25, -0.2) is 0 Å². The first kappa shape index (κ1) is 81.7. The van der Waals surface area contributed by atoms with Gasteiger partial charge in [0.1, 0.15) is 0 Å². The van der Waals surface area contributed by atoms with E-state index in [1.54, 1.807) is 0 Å². The van der Waals surface area contributed by atoms with E-state index in [-0.39, 0.29) is 0 Å². The molecule has 6 fully saturated rings. The SMILES string of the molecule is CC(C)(C)CCCCCN1CCN(C(C)(C)C)CC1.CC(C)(C)CCN1CCCN(CCC(C)(C)C)CC1.CC(C)(C)CCN1CCN(CCC(C)(C)C)CC1.CC(C)(C)CN1CC2(C1)CN(CC(C)(C)C)C2.CC(C)CN1CCN(C(C)C)CC1. The van der Waals surface area contributed by atoms with Crippen LogP contribution in [0.25, 0.3) is 0 Å². The van der Waals surface area contributed by atoms with Gasteiger partial charge < -0.3 is 39.2 Å². The molecule has 6 rings (SSSR count). The molecule has 0 aromatic heterocycles. The predicted octanol–water partition coefficient (Wildman–Crippen LogP) is 15.7. The number of piperazine rings is 3. The molecule has 0 atom stereocenters.